The summed E-state index contributed by atoms with van der Waals surface area (Å²) in [6.45, 7) is 2.00. The van der Waals surface area contributed by atoms with Crippen LogP contribution in [-0.2, 0) is 0 Å². The number of nitrogens with one attached hydrogen (secondary N) is 2. The second-order valence-corrected chi connectivity index (χ2v) is 4.06. The Morgan fingerprint density at radius 1 is 1.21 bits per heavy atom. The molecule has 1 aromatic heterocycles. The van der Waals surface area contributed by atoms with Gasteiger partial charge in [0, 0.05) is 23.8 Å². The van der Waals surface area contributed by atoms with Crippen molar-refractivity contribution in [3.05, 3.63) is 48.5 Å². The van der Waals surface area contributed by atoms with E-state index in [1.54, 1.807) is 30.7 Å². The topological polar surface area (TPSA) is 92.9 Å². The molecule has 6 nitrogen and oxygen atoms in total. The second kappa shape index (κ2) is 5.81. The number of nitrogens with zero attached hydrogens (tertiary/aromatic N) is 2. The quantitative estimate of drug-likeness (QED) is 0.782. The average molecular weight is 257 g/mol. The fourth-order valence-corrected chi connectivity index (χ4v) is 1.65. The summed E-state index contributed by atoms with van der Waals surface area (Å²) in [5.74, 6) is 0. The van der Waals surface area contributed by atoms with Crippen LogP contribution < -0.4 is 16.4 Å². The predicted octanol–water partition coefficient (Wildman–Crippen LogP) is 2.14. The van der Waals surface area contributed by atoms with Crippen LogP contribution in [0.15, 0.2) is 42.9 Å². The number of carbonyl (C=O) groups is 1. The van der Waals surface area contributed by atoms with Crippen LogP contribution in [0.1, 0.15) is 18.7 Å². The molecule has 0 aliphatic carbocycles. The summed E-state index contributed by atoms with van der Waals surface area (Å²) in [4.78, 5) is 19.0. The molecule has 2 rings (SSSR count). The van der Waals surface area contributed by atoms with E-state index in [0.29, 0.717) is 5.69 Å². The average Bonchev–Trinajstić information content (AvgIpc) is 2.41. The van der Waals surface area contributed by atoms with Crippen LogP contribution >= 0.6 is 0 Å². The largest absolute Gasteiger partial charge is 0.377 e. The van der Waals surface area contributed by atoms with E-state index in [-0.39, 0.29) is 6.04 Å². The third kappa shape index (κ3) is 3.67. The van der Waals surface area contributed by atoms with E-state index in [0.717, 1.165) is 11.4 Å². The minimum atomic E-state index is -0.575. The van der Waals surface area contributed by atoms with Crippen LogP contribution in [0.3, 0.4) is 0 Å². The van der Waals surface area contributed by atoms with E-state index in [4.69, 9.17) is 5.73 Å². The smallest absolute Gasteiger partial charge is 0.316 e. The molecule has 2 amide bonds. The number of urea groups is 1. The van der Waals surface area contributed by atoms with Crippen molar-refractivity contribution in [3.8, 4) is 0 Å². The molecule has 0 fully saturated rings. The van der Waals surface area contributed by atoms with Gasteiger partial charge < -0.3 is 16.4 Å². The van der Waals surface area contributed by atoms with Gasteiger partial charge in [0.2, 0.25) is 0 Å². The molecule has 0 saturated carbocycles. The van der Waals surface area contributed by atoms with Gasteiger partial charge in [0.05, 0.1) is 17.9 Å². The first-order valence-corrected chi connectivity index (χ1v) is 5.84. The van der Waals surface area contributed by atoms with Gasteiger partial charge in [0.15, 0.2) is 0 Å². The van der Waals surface area contributed by atoms with Crippen LogP contribution in [0, 0.1) is 0 Å². The van der Waals surface area contributed by atoms with Crippen molar-refractivity contribution in [2.75, 3.05) is 10.6 Å². The van der Waals surface area contributed by atoms with Crippen LogP contribution in [0.5, 0.6) is 0 Å². The van der Waals surface area contributed by atoms with Gasteiger partial charge in [-0.25, -0.2) is 4.79 Å². The lowest BCUT2D eigenvalue weighted by atomic mass is 10.2. The lowest BCUT2D eigenvalue weighted by Crippen LogP contribution is -2.19. The summed E-state index contributed by atoms with van der Waals surface area (Å²) in [6, 6.07) is 6.74. The van der Waals surface area contributed by atoms with E-state index >= 15 is 0 Å². The molecule has 0 saturated heterocycles. The van der Waals surface area contributed by atoms with E-state index in [1.165, 1.54) is 0 Å². The molecule has 1 unspecified atom stereocenters. The molecule has 0 spiro atoms. The fourth-order valence-electron chi connectivity index (χ4n) is 1.65. The third-order valence-corrected chi connectivity index (χ3v) is 2.56. The van der Waals surface area contributed by atoms with Crippen LogP contribution in [0.25, 0.3) is 0 Å². The first kappa shape index (κ1) is 12.8. The van der Waals surface area contributed by atoms with Gasteiger partial charge in [0.1, 0.15) is 0 Å². The predicted molar refractivity (Wildman–Crippen MR) is 73.7 cm³/mol. The number of anilines is 2. The first-order valence-electron chi connectivity index (χ1n) is 5.84. The SMILES string of the molecule is CC(Nc1ccc(NC(N)=O)cc1)c1cnccn1. The van der Waals surface area contributed by atoms with Gasteiger partial charge in [-0.1, -0.05) is 0 Å². The van der Waals surface area contributed by atoms with Crippen molar-refractivity contribution < 1.29 is 4.79 Å². The van der Waals surface area contributed by atoms with Crippen LogP contribution in [-0.4, -0.2) is 16.0 Å². The highest BCUT2D eigenvalue weighted by Gasteiger charge is 2.06. The molecule has 0 aliphatic rings. The van der Waals surface area contributed by atoms with Crippen molar-refractivity contribution in [2.24, 2.45) is 5.73 Å². The Kier molecular flexibility index (Phi) is 3.92. The normalized spacial score (nSPS) is 11.6. The molecule has 1 aromatic carbocycles. The van der Waals surface area contributed by atoms with Crippen molar-refractivity contribution in [1.29, 1.82) is 0 Å². The molecule has 1 atom stereocenters. The van der Waals surface area contributed by atoms with Gasteiger partial charge in [0.25, 0.3) is 0 Å². The Bertz CT molecular complexity index is 541. The third-order valence-electron chi connectivity index (χ3n) is 2.56. The van der Waals surface area contributed by atoms with Crippen molar-refractivity contribution in [3.63, 3.8) is 0 Å². The molecule has 1 heterocycles. The van der Waals surface area contributed by atoms with Gasteiger partial charge in [-0.3, -0.25) is 9.97 Å². The molecular formula is C13H15N5O. The maximum atomic E-state index is 10.7. The number of carbonyl (C=O) groups excluding carboxylic acids is 1. The molecule has 0 radical (unpaired) electrons. The first-order chi connectivity index (χ1) is 9.15. The molecule has 2 aromatic rings. The summed E-state index contributed by atoms with van der Waals surface area (Å²) >= 11 is 0. The molecule has 0 bridgehead atoms. The van der Waals surface area contributed by atoms with Gasteiger partial charge in [-0.2, -0.15) is 0 Å². The number of rotatable bonds is 4. The van der Waals surface area contributed by atoms with Crippen LogP contribution in [0.4, 0.5) is 16.2 Å². The Labute approximate surface area is 111 Å². The summed E-state index contributed by atoms with van der Waals surface area (Å²) < 4.78 is 0. The van der Waals surface area contributed by atoms with E-state index in [9.17, 15) is 4.79 Å². The highest BCUT2D eigenvalue weighted by Crippen LogP contribution is 2.18. The number of benzene rings is 1. The summed E-state index contributed by atoms with van der Waals surface area (Å²) in [5, 5.41) is 5.80. The highest BCUT2D eigenvalue weighted by molar-refractivity contribution is 5.87. The molecule has 6 heteroatoms. The zero-order chi connectivity index (χ0) is 13.7. The number of amides is 2. The van der Waals surface area contributed by atoms with E-state index in [2.05, 4.69) is 20.6 Å². The molecule has 19 heavy (non-hydrogen) atoms. The maximum Gasteiger partial charge on any atom is 0.316 e. The van der Waals surface area contributed by atoms with Crippen molar-refractivity contribution >= 4 is 17.4 Å². The Morgan fingerprint density at radius 3 is 2.47 bits per heavy atom. The second-order valence-electron chi connectivity index (χ2n) is 4.06. The Hall–Kier alpha value is -2.63. The number of hydrogen-bond donors (Lipinski definition) is 3. The fraction of sp³-hybridized carbons (Fsp3) is 0.154. The Morgan fingerprint density at radius 2 is 1.89 bits per heavy atom. The zero-order valence-corrected chi connectivity index (χ0v) is 10.5. The van der Waals surface area contributed by atoms with Crippen LogP contribution in [0.2, 0.25) is 0 Å². The lowest BCUT2D eigenvalue weighted by molar-refractivity contribution is 0.259. The van der Waals surface area contributed by atoms with Gasteiger partial charge in [-0.05, 0) is 31.2 Å². The lowest BCUT2D eigenvalue weighted by Gasteiger charge is -2.14. The van der Waals surface area contributed by atoms with Gasteiger partial charge >= 0.3 is 6.03 Å². The monoisotopic (exact) mass is 257 g/mol. The summed E-state index contributed by atoms with van der Waals surface area (Å²) in [5.41, 5.74) is 7.48. The number of aromatic nitrogens is 2. The number of nitrogens with two attached hydrogens (primary N) is 1. The number of primary amides is 1. The van der Waals surface area contributed by atoms with Crippen molar-refractivity contribution in [2.45, 2.75) is 13.0 Å². The highest BCUT2D eigenvalue weighted by atomic mass is 16.2. The minimum Gasteiger partial charge on any atom is -0.377 e. The zero-order valence-electron chi connectivity index (χ0n) is 10.5. The maximum absolute atomic E-state index is 10.7. The molecular weight excluding hydrogens is 242 g/mol. The Balaban J connectivity index is 2.01. The van der Waals surface area contributed by atoms with E-state index in [1.807, 2.05) is 19.1 Å². The number of hydrogen-bond acceptors (Lipinski definition) is 4. The van der Waals surface area contributed by atoms with Crippen molar-refractivity contribution in [1.82, 2.24) is 9.97 Å². The van der Waals surface area contributed by atoms with Gasteiger partial charge in [-0.15, -0.1) is 0 Å². The summed E-state index contributed by atoms with van der Waals surface area (Å²) in [6.07, 6.45) is 5.02. The standard InChI is InChI=1S/C13H15N5O/c1-9(12-8-15-6-7-16-12)17-10-2-4-11(5-3-10)18-13(14)19/h2-9,17H,1H3,(H3,14,18,19). The molecule has 4 N–H and O–H groups in total. The van der Waals surface area contributed by atoms with E-state index < -0.39 is 6.03 Å². The minimum absolute atomic E-state index is 0.0450. The molecule has 98 valence electrons. The summed E-state index contributed by atoms with van der Waals surface area (Å²) in [7, 11) is 0. The molecule has 0 aliphatic heterocycles.